The van der Waals surface area contributed by atoms with Crippen molar-refractivity contribution in [1.29, 1.82) is 5.26 Å². The zero-order valence-corrected chi connectivity index (χ0v) is 19.1. The molecular weight excluding hydrogens is 437 g/mol. The van der Waals surface area contributed by atoms with Crippen LogP contribution in [-0.4, -0.2) is 47.6 Å². The summed E-state index contributed by atoms with van der Waals surface area (Å²) in [7, 11) is 3.63. The van der Waals surface area contributed by atoms with Crippen molar-refractivity contribution in [3.8, 4) is 34.2 Å². The minimum Gasteiger partial charge on any atom is -0.468 e. The standard InChI is InChI=1S/C25H26FN5O3/c1-28-19-9-11-31(12-10-19)25-29-23(17-3-4-18(14-27)21(26)13-17)22(24(33)30(25)2)16-5-7-20(8-6-16)34-15-32/h3-8,13,19,28,32H,9-12,15H2,1-2H3. The number of aliphatic hydroxyl groups is 1. The van der Waals surface area contributed by atoms with Gasteiger partial charge in [0.1, 0.15) is 17.6 Å². The molecular formula is C25H26FN5O3. The van der Waals surface area contributed by atoms with Crippen molar-refractivity contribution in [3.63, 3.8) is 0 Å². The summed E-state index contributed by atoms with van der Waals surface area (Å²) in [6.07, 6.45) is 1.84. The predicted octanol–water partition coefficient (Wildman–Crippen LogP) is 2.64. The van der Waals surface area contributed by atoms with Crippen molar-refractivity contribution >= 4 is 5.95 Å². The number of hydrogen-bond acceptors (Lipinski definition) is 7. The van der Waals surface area contributed by atoms with Gasteiger partial charge < -0.3 is 20.1 Å². The zero-order valence-electron chi connectivity index (χ0n) is 19.1. The summed E-state index contributed by atoms with van der Waals surface area (Å²) in [5.41, 5.74) is 1.30. The van der Waals surface area contributed by atoms with Gasteiger partial charge in [0.15, 0.2) is 6.79 Å². The fourth-order valence-electron chi connectivity index (χ4n) is 4.26. The van der Waals surface area contributed by atoms with E-state index >= 15 is 0 Å². The van der Waals surface area contributed by atoms with E-state index in [2.05, 4.69) is 10.2 Å². The van der Waals surface area contributed by atoms with Gasteiger partial charge in [-0.2, -0.15) is 5.26 Å². The van der Waals surface area contributed by atoms with Crippen LogP contribution in [0.2, 0.25) is 0 Å². The summed E-state index contributed by atoms with van der Waals surface area (Å²) in [5.74, 6) is 0.297. The first-order valence-corrected chi connectivity index (χ1v) is 11.0. The Kier molecular flexibility index (Phi) is 6.91. The van der Waals surface area contributed by atoms with Gasteiger partial charge in [0.2, 0.25) is 5.95 Å². The minimum absolute atomic E-state index is 0.0750. The number of nitrogens with zero attached hydrogens (tertiary/aromatic N) is 4. The third kappa shape index (κ3) is 4.51. The molecule has 0 spiro atoms. The number of rotatable bonds is 6. The van der Waals surface area contributed by atoms with Gasteiger partial charge in [-0.25, -0.2) is 9.37 Å². The first-order chi connectivity index (χ1) is 16.5. The van der Waals surface area contributed by atoms with Crippen LogP contribution in [0.15, 0.2) is 47.3 Å². The lowest BCUT2D eigenvalue weighted by molar-refractivity contribution is 0.0985. The van der Waals surface area contributed by atoms with Crippen molar-refractivity contribution in [3.05, 3.63) is 64.2 Å². The van der Waals surface area contributed by atoms with E-state index in [0.717, 1.165) is 25.9 Å². The van der Waals surface area contributed by atoms with Gasteiger partial charge in [0.25, 0.3) is 5.56 Å². The molecule has 1 fully saturated rings. The van der Waals surface area contributed by atoms with Crippen LogP contribution in [0.4, 0.5) is 10.3 Å². The number of hydrogen-bond donors (Lipinski definition) is 2. The quantitative estimate of drug-likeness (QED) is 0.542. The fourth-order valence-corrected chi connectivity index (χ4v) is 4.26. The summed E-state index contributed by atoms with van der Waals surface area (Å²) in [4.78, 5) is 20.6. The summed E-state index contributed by atoms with van der Waals surface area (Å²) in [6, 6.07) is 13.2. The molecule has 9 heteroatoms. The molecule has 2 N–H and O–H groups in total. The van der Waals surface area contributed by atoms with Gasteiger partial charge in [-0.15, -0.1) is 0 Å². The van der Waals surface area contributed by atoms with E-state index < -0.39 is 12.6 Å². The molecule has 0 atom stereocenters. The Labute approximate surface area is 196 Å². The minimum atomic E-state index is -0.670. The Morgan fingerprint density at radius 2 is 1.88 bits per heavy atom. The van der Waals surface area contributed by atoms with Gasteiger partial charge in [-0.05, 0) is 49.7 Å². The van der Waals surface area contributed by atoms with Gasteiger partial charge in [0.05, 0.1) is 16.8 Å². The number of piperidine rings is 1. The molecule has 1 aliphatic heterocycles. The maximum atomic E-state index is 14.5. The van der Waals surface area contributed by atoms with Crippen LogP contribution >= 0.6 is 0 Å². The molecule has 1 aromatic heterocycles. The van der Waals surface area contributed by atoms with Crippen LogP contribution in [0.25, 0.3) is 22.4 Å². The largest absolute Gasteiger partial charge is 0.468 e. The second-order valence-corrected chi connectivity index (χ2v) is 8.15. The molecule has 176 valence electrons. The van der Waals surface area contributed by atoms with Crippen LogP contribution in [0.1, 0.15) is 18.4 Å². The van der Waals surface area contributed by atoms with E-state index in [9.17, 15) is 9.18 Å². The molecule has 0 radical (unpaired) electrons. The lowest BCUT2D eigenvalue weighted by atomic mass is 9.99. The van der Waals surface area contributed by atoms with Crippen molar-refractivity contribution in [1.82, 2.24) is 14.9 Å². The molecule has 1 saturated heterocycles. The monoisotopic (exact) mass is 463 g/mol. The molecule has 2 aromatic carbocycles. The highest BCUT2D eigenvalue weighted by molar-refractivity contribution is 5.81. The van der Waals surface area contributed by atoms with Gasteiger partial charge >= 0.3 is 0 Å². The molecule has 0 saturated carbocycles. The summed E-state index contributed by atoms with van der Waals surface area (Å²) in [5, 5.41) is 21.4. The Morgan fingerprint density at radius 3 is 2.47 bits per heavy atom. The Hall–Kier alpha value is -3.74. The second kappa shape index (κ2) is 10.0. The molecule has 0 bridgehead atoms. The summed E-state index contributed by atoms with van der Waals surface area (Å²) >= 11 is 0. The number of benzene rings is 2. The molecule has 1 aliphatic rings. The molecule has 0 amide bonds. The molecule has 0 aliphatic carbocycles. The highest BCUT2D eigenvalue weighted by Gasteiger charge is 2.25. The normalized spacial score (nSPS) is 14.1. The topological polar surface area (TPSA) is 103 Å². The Bertz CT molecular complexity index is 1280. The summed E-state index contributed by atoms with van der Waals surface area (Å²) in [6.45, 7) is 1.01. The SMILES string of the molecule is CNC1CCN(c2nc(-c3ccc(C#N)c(F)c3)c(-c3ccc(OCO)cc3)c(=O)n2C)CC1. The van der Waals surface area contributed by atoms with E-state index in [1.165, 1.54) is 16.7 Å². The number of aliphatic hydroxyl groups excluding tert-OH is 1. The first kappa shape index (κ1) is 23.4. The van der Waals surface area contributed by atoms with E-state index in [4.69, 9.17) is 20.1 Å². The number of nitriles is 1. The third-order valence-corrected chi connectivity index (χ3v) is 6.19. The molecule has 2 heterocycles. The first-order valence-electron chi connectivity index (χ1n) is 11.0. The predicted molar refractivity (Wildman–Crippen MR) is 127 cm³/mol. The highest BCUT2D eigenvalue weighted by atomic mass is 19.1. The average Bonchev–Trinajstić information content (AvgIpc) is 2.86. The maximum absolute atomic E-state index is 14.5. The van der Waals surface area contributed by atoms with E-state index in [0.29, 0.717) is 40.1 Å². The Morgan fingerprint density at radius 1 is 1.21 bits per heavy atom. The number of nitrogens with one attached hydrogen (secondary N) is 1. The number of halogens is 1. The van der Waals surface area contributed by atoms with Gasteiger partial charge in [-0.3, -0.25) is 9.36 Å². The van der Waals surface area contributed by atoms with Crippen molar-refractivity contribution in [2.24, 2.45) is 7.05 Å². The molecule has 4 rings (SSSR count). The second-order valence-electron chi connectivity index (χ2n) is 8.15. The van der Waals surface area contributed by atoms with Crippen LogP contribution in [0.3, 0.4) is 0 Å². The third-order valence-electron chi connectivity index (χ3n) is 6.19. The molecule has 0 unspecified atom stereocenters. The smallest absolute Gasteiger partial charge is 0.263 e. The van der Waals surface area contributed by atoms with Crippen molar-refractivity contribution in [2.75, 3.05) is 31.8 Å². The highest BCUT2D eigenvalue weighted by Crippen LogP contribution is 2.32. The van der Waals surface area contributed by atoms with Crippen LogP contribution in [0.5, 0.6) is 5.75 Å². The summed E-state index contributed by atoms with van der Waals surface area (Å²) < 4.78 is 21.1. The van der Waals surface area contributed by atoms with E-state index in [1.54, 1.807) is 37.4 Å². The van der Waals surface area contributed by atoms with Crippen molar-refractivity contribution < 1.29 is 14.2 Å². The zero-order chi connectivity index (χ0) is 24.2. The van der Waals surface area contributed by atoms with Crippen LogP contribution in [0, 0.1) is 17.1 Å². The van der Waals surface area contributed by atoms with E-state index in [-0.39, 0.29) is 11.1 Å². The lowest BCUT2D eigenvalue weighted by Gasteiger charge is -2.33. The van der Waals surface area contributed by atoms with Crippen molar-refractivity contribution in [2.45, 2.75) is 18.9 Å². The number of anilines is 1. The molecule has 34 heavy (non-hydrogen) atoms. The molecule has 3 aromatic rings. The van der Waals surface area contributed by atoms with Crippen LogP contribution < -0.4 is 20.5 Å². The fraction of sp³-hybridized carbons (Fsp3) is 0.320. The van der Waals surface area contributed by atoms with Gasteiger partial charge in [0, 0.05) is 31.7 Å². The van der Waals surface area contributed by atoms with E-state index in [1.807, 2.05) is 13.1 Å². The maximum Gasteiger partial charge on any atom is 0.263 e. The number of ether oxygens (including phenoxy) is 1. The van der Waals surface area contributed by atoms with Gasteiger partial charge in [-0.1, -0.05) is 18.2 Å². The molecule has 8 nitrogen and oxygen atoms in total. The average molecular weight is 464 g/mol. The Balaban J connectivity index is 1.88. The lowest BCUT2D eigenvalue weighted by Crippen LogP contribution is -2.43. The number of aromatic nitrogens is 2. The van der Waals surface area contributed by atoms with Crippen LogP contribution in [-0.2, 0) is 7.05 Å².